The maximum atomic E-state index is 12.5. The van der Waals surface area contributed by atoms with E-state index < -0.39 is 6.10 Å². The number of fused-ring (bicyclic) bond motifs is 1. The lowest BCUT2D eigenvalue weighted by Crippen LogP contribution is -2.50. The van der Waals surface area contributed by atoms with Crippen LogP contribution in [0.5, 0.6) is 5.75 Å². The van der Waals surface area contributed by atoms with E-state index in [0.29, 0.717) is 23.7 Å². The molecule has 0 saturated heterocycles. The van der Waals surface area contributed by atoms with Crippen LogP contribution in [-0.2, 0) is 20.9 Å². The molecule has 0 saturated carbocycles. The van der Waals surface area contributed by atoms with Crippen LogP contribution < -0.4 is 20.3 Å². The number of anilines is 2. The van der Waals surface area contributed by atoms with Crippen molar-refractivity contribution >= 4 is 29.1 Å². The van der Waals surface area contributed by atoms with Gasteiger partial charge in [0, 0.05) is 26.1 Å². The minimum absolute atomic E-state index is 0.138. The van der Waals surface area contributed by atoms with Crippen molar-refractivity contribution in [2.75, 3.05) is 16.8 Å². The molecule has 3 rings (SSSR count). The predicted molar refractivity (Wildman–Crippen MR) is 101 cm³/mol. The zero-order valence-electron chi connectivity index (χ0n) is 15.2. The molecule has 1 unspecified atom stereocenters. The number of benzene rings is 2. The second-order valence-corrected chi connectivity index (χ2v) is 6.30. The topological polar surface area (TPSA) is 87.7 Å². The van der Waals surface area contributed by atoms with E-state index in [4.69, 9.17) is 4.74 Å². The number of ether oxygens (including phenoxy) is 1. The third kappa shape index (κ3) is 4.44. The molecule has 0 aromatic heterocycles. The molecular weight excluding hydrogens is 346 g/mol. The Hall–Kier alpha value is -3.35. The first-order chi connectivity index (χ1) is 12.9. The normalized spacial score (nSPS) is 15.3. The number of hydrogen-bond acceptors (Lipinski definition) is 4. The van der Waals surface area contributed by atoms with Crippen LogP contribution in [-0.4, -0.2) is 30.4 Å². The molecule has 3 amide bonds. The van der Waals surface area contributed by atoms with Crippen molar-refractivity contribution in [2.45, 2.75) is 26.5 Å². The molecule has 2 aromatic carbocycles. The first-order valence-electron chi connectivity index (χ1n) is 8.62. The van der Waals surface area contributed by atoms with Crippen LogP contribution in [0.1, 0.15) is 19.4 Å². The van der Waals surface area contributed by atoms with Gasteiger partial charge in [-0.05, 0) is 29.8 Å². The summed E-state index contributed by atoms with van der Waals surface area (Å²) in [6.07, 6.45) is -0.776. The zero-order valence-corrected chi connectivity index (χ0v) is 15.2. The summed E-state index contributed by atoms with van der Waals surface area (Å²) in [4.78, 5) is 37.0. The van der Waals surface area contributed by atoms with Gasteiger partial charge in [-0.2, -0.15) is 0 Å². The van der Waals surface area contributed by atoms with Gasteiger partial charge in [0.2, 0.25) is 11.8 Å². The Labute approximate surface area is 157 Å². The van der Waals surface area contributed by atoms with E-state index in [1.165, 1.54) is 13.8 Å². The number of rotatable bonds is 4. The second kappa shape index (κ2) is 7.90. The highest BCUT2D eigenvalue weighted by atomic mass is 16.5. The SMILES string of the molecule is CC(=O)Nc1ccc(CNC(=O)C2CN(C(C)=O)c3ccccc3O2)cc1. The highest BCUT2D eigenvalue weighted by Gasteiger charge is 2.32. The Morgan fingerprint density at radius 2 is 1.78 bits per heavy atom. The van der Waals surface area contributed by atoms with Crippen molar-refractivity contribution in [1.29, 1.82) is 0 Å². The standard InChI is InChI=1S/C20H21N3O4/c1-13(24)22-16-9-7-15(8-10-16)11-21-20(26)19-12-23(14(2)25)17-5-3-4-6-18(17)27-19/h3-10,19H,11-12H2,1-2H3,(H,21,26)(H,22,24). The number of amides is 3. The summed E-state index contributed by atoms with van der Waals surface area (Å²) in [7, 11) is 0. The van der Waals surface area contributed by atoms with Crippen LogP contribution in [0.2, 0.25) is 0 Å². The van der Waals surface area contributed by atoms with Gasteiger partial charge in [0.15, 0.2) is 6.10 Å². The largest absolute Gasteiger partial charge is 0.477 e. The molecule has 1 aliphatic rings. The van der Waals surface area contributed by atoms with Gasteiger partial charge in [-0.15, -0.1) is 0 Å². The molecule has 7 heteroatoms. The third-order valence-electron chi connectivity index (χ3n) is 4.19. The van der Waals surface area contributed by atoms with Crippen molar-refractivity contribution in [2.24, 2.45) is 0 Å². The number of carbonyl (C=O) groups is 3. The van der Waals surface area contributed by atoms with E-state index in [0.717, 1.165) is 5.56 Å². The van der Waals surface area contributed by atoms with Crippen molar-refractivity contribution in [3.63, 3.8) is 0 Å². The molecule has 1 heterocycles. The molecule has 2 N–H and O–H groups in total. The molecule has 0 aliphatic carbocycles. The van der Waals surface area contributed by atoms with Crippen LogP contribution in [0.3, 0.4) is 0 Å². The van der Waals surface area contributed by atoms with Crippen molar-refractivity contribution < 1.29 is 19.1 Å². The molecule has 0 radical (unpaired) electrons. The van der Waals surface area contributed by atoms with Gasteiger partial charge in [-0.25, -0.2) is 0 Å². The molecule has 2 aromatic rings. The molecule has 27 heavy (non-hydrogen) atoms. The summed E-state index contributed by atoms with van der Waals surface area (Å²) >= 11 is 0. The molecule has 0 bridgehead atoms. The molecule has 7 nitrogen and oxygen atoms in total. The zero-order chi connectivity index (χ0) is 19.4. The van der Waals surface area contributed by atoms with E-state index in [9.17, 15) is 14.4 Å². The summed E-state index contributed by atoms with van der Waals surface area (Å²) in [5.74, 6) is -0.0571. The number of nitrogens with one attached hydrogen (secondary N) is 2. The fraction of sp³-hybridized carbons (Fsp3) is 0.250. The van der Waals surface area contributed by atoms with Crippen LogP contribution >= 0.6 is 0 Å². The lowest BCUT2D eigenvalue weighted by molar-refractivity contribution is -0.128. The van der Waals surface area contributed by atoms with Crippen molar-refractivity contribution in [3.05, 3.63) is 54.1 Å². The fourth-order valence-electron chi connectivity index (χ4n) is 2.88. The van der Waals surface area contributed by atoms with Crippen LogP contribution in [0.25, 0.3) is 0 Å². The summed E-state index contributed by atoms with van der Waals surface area (Å²) in [6, 6.07) is 14.3. The Balaban J connectivity index is 1.63. The second-order valence-electron chi connectivity index (χ2n) is 6.30. The Morgan fingerprint density at radius 1 is 1.07 bits per heavy atom. The van der Waals surface area contributed by atoms with Gasteiger partial charge >= 0.3 is 0 Å². The summed E-state index contributed by atoms with van der Waals surface area (Å²) in [6.45, 7) is 3.40. The van der Waals surface area contributed by atoms with Gasteiger partial charge < -0.3 is 20.3 Å². The minimum atomic E-state index is -0.776. The Morgan fingerprint density at radius 3 is 2.44 bits per heavy atom. The van der Waals surface area contributed by atoms with Gasteiger partial charge in [-0.3, -0.25) is 14.4 Å². The van der Waals surface area contributed by atoms with E-state index in [-0.39, 0.29) is 24.3 Å². The van der Waals surface area contributed by atoms with E-state index in [2.05, 4.69) is 10.6 Å². The monoisotopic (exact) mass is 367 g/mol. The van der Waals surface area contributed by atoms with Crippen LogP contribution in [0.15, 0.2) is 48.5 Å². The number of carbonyl (C=O) groups excluding carboxylic acids is 3. The number of nitrogens with zero attached hydrogens (tertiary/aromatic N) is 1. The highest BCUT2D eigenvalue weighted by molar-refractivity contribution is 5.95. The van der Waals surface area contributed by atoms with Gasteiger partial charge in [-0.1, -0.05) is 24.3 Å². The maximum absolute atomic E-state index is 12.5. The number of hydrogen-bond donors (Lipinski definition) is 2. The van der Waals surface area contributed by atoms with E-state index in [1.54, 1.807) is 35.2 Å². The van der Waals surface area contributed by atoms with Gasteiger partial charge in [0.25, 0.3) is 5.91 Å². The maximum Gasteiger partial charge on any atom is 0.263 e. The molecule has 1 atom stereocenters. The average Bonchev–Trinajstić information content (AvgIpc) is 2.65. The van der Waals surface area contributed by atoms with Crippen LogP contribution in [0.4, 0.5) is 11.4 Å². The average molecular weight is 367 g/mol. The quantitative estimate of drug-likeness (QED) is 0.866. The predicted octanol–water partition coefficient (Wildman–Crippen LogP) is 2.08. The number of para-hydroxylation sites is 2. The fourth-order valence-corrected chi connectivity index (χ4v) is 2.88. The highest BCUT2D eigenvalue weighted by Crippen LogP contribution is 2.33. The van der Waals surface area contributed by atoms with Crippen molar-refractivity contribution in [1.82, 2.24) is 5.32 Å². The molecule has 1 aliphatic heterocycles. The Bertz CT molecular complexity index is 864. The lowest BCUT2D eigenvalue weighted by atomic mass is 10.1. The first-order valence-corrected chi connectivity index (χ1v) is 8.62. The van der Waals surface area contributed by atoms with Crippen LogP contribution in [0, 0.1) is 0 Å². The Kier molecular flexibility index (Phi) is 5.40. The van der Waals surface area contributed by atoms with E-state index >= 15 is 0 Å². The molecule has 0 spiro atoms. The summed E-state index contributed by atoms with van der Waals surface area (Å²) in [5, 5.41) is 5.52. The summed E-state index contributed by atoms with van der Waals surface area (Å²) < 4.78 is 5.77. The summed E-state index contributed by atoms with van der Waals surface area (Å²) in [5.41, 5.74) is 2.25. The van der Waals surface area contributed by atoms with Gasteiger partial charge in [0.05, 0.1) is 12.2 Å². The van der Waals surface area contributed by atoms with Gasteiger partial charge in [0.1, 0.15) is 5.75 Å². The van der Waals surface area contributed by atoms with Crippen molar-refractivity contribution in [3.8, 4) is 5.75 Å². The lowest BCUT2D eigenvalue weighted by Gasteiger charge is -2.33. The van der Waals surface area contributed by atoms with E-state index in [1.807, 2.05) is 18.2 Å². The third-order valence-corrected chi connectivity index (χ3v) is 4.19. The molecule has 0 fully saturated rings. The smallest absolute Gasteiger partial charge is 0.263 e. The first kappa shape index (κ1) is 18.4. The minimum Gasteiger partial charge on any atom is -0.477 e. The molecular formula is C20H21N3O4. The molecule has 140 valence electrons.